The van der Waals surface area contributed by atoms with E-state index in [1.165, 1.54) is 11.6 Å². The summed E-state index contributed by atoms with van der Waals surface area (Å²) in [5.74, 6) is -0.194. The Kier molecular flexibility index (Phi) is 3.75. The molecule has 0 aliphatic rings. The fourth-order valence-electron chi connectivity index (χ4n) is 1.33. The molecule has 0 aliphatic carbocycles. The van der Waals surface area contributed by atoms with Gasteiger partial charge in [-0.25, -0.2) is 0 Å². The molecule has 0 aliphatic heterocycles. The molecule has 0 saturated carbocycles. The van der Waals surface area contributed by atoms with Crippen molar-refractivity contribution in [3.63, 3.8) is 0 Å². The summed E-state index contributed by atoms with van der Waals surface area (Å²) in [7, 11) is 0. The summed E-state index contributed by atoms with van der Waals surface area (Å²) in [6.07, 6.45) is 5.65. The van der Waals surface area contributed by atoms with E-state index in [-0.39, 0.29) is 11.9 Å². The number of amides is 1. The Morgan fingerprint density at radius 2 is 2.44 bits per heavy atom. The number of aryl methyl sites for hydroxylation is 1. The number of carbonyl (C=O) groups excluding carboxylic acids is 1. The standard InChI is InChI=1S/C11H12N6O/c1-2-8-5-6-12-9(7-8)3-4-10(18)13-11-14-16-17-15-11/h3-7H,2H2,1H3,(H2,13,14,15,16,17,18). The number of hydrogen-bond acceptors (Lipinski definition) is 5. The molecule has 2 aromatic rings. The van der Waals surface area contributed by atoms with E-state index in [2.05, 4.69) is 37.8 Å². The van der Waals surface area contributed by atoms with Crippen molar-refractivity contribution >= 4 is 17.9 Å². The maximum atomic E-state index is 11.5. The monoisotopic (exact) mass is 244 g/mol. The first kappa shape index (κ1) is 11.9. The summed E-state index contributed by atoms with van der Waals surface area (Å²) in [6, 6.07) is 3.87. The lowest BCUT2D eigenvalue weighted by atomic mass is 10.2. The first-order chi connectivity index (χ1) is 8.78. The number of aromatic nitrogens is 5. The van der Waals surface area contributed by atoms with Gasteiger partial charge in [-0.15, -0.1) is 5.10 Å². The van der Waals surface area contributed by atoms with Gasteiger partial charge in [0.1, 0.15) is 0 Å². The van der Waals surface area contributed by atoms with Crippen molar-refractivity contribution in [2.45, 2.75) is 13.3 Å². The van der Waals surface area contributed by atoms with E-state index in [0.29, 0.717) is 0 Å². The van der Waals surface area contributed by atoms with Crippen LogP contribution >= 0.6 is 0 Å². The van der Waals surface area contributed by atoms with Crippen LogP contribution in [0.5, 0.6) is 0 Å². The zero-order valence-electron chi connectivity index (χ0n) is 9.79. The van der Waals surface area contributed by atoms with Gasteiger partial charge in [0.15, 0.2) is 0 Å². The molecule has 2 N–H and O–H groups in total. The van der Waals surface area contributed by atoms with Gasteiger partial charge in [-0.05, 0) is 35.4 Å². The average Bonchev–Trinajstić information content (AvgIpc) is 2.89. The fourth-order valence-corrected chi connectivity index (χ4v) is 1.33. The zero-order valence-corrected chi connectivity index (χ0v) is 9.79. The van der Waals surface area contributed by atoms with Crippen LogP contribution in [0.2, 0.25) is 0 Å². The van der Waals surface area contributed by atoms with E-state index in [1.54, 1.807) is 12.3 Å². The van der Waals surface area contributed by atoms with E-state index in [0.717, 1.165) is 12.1 Å². The van der Waals surface area contributed by atoms with E-state index >= 15 is 0 Å². The quantitative estimate of drug-likeness (QED) is 0.776. The van der Waals surface area contributed by atoms with Gasteiger partial charge in [0, 0.05) is 12.3 Å². The van der Waals surface area contributed by atoms with Crippen LogP contribution < -0.4 is 5.32 Å². The van der Waals surface area contributed by atoms with Crippen molar-refractivity contribution in [2.24, 2.45) is 0 Å². The van der Waals surface area contributed by atoms with Crippen LogP contribution in [0.3, 0.4) is 0 Å². The number of nitrogens with one attached hydrogen (secondary N) is 2. The maximum absolute atomic E-state index is 11.5. The molecule has 1 amide bonds. The summed E-state index contributed by atoms with van der Waals surface area (Å²) in [5.41, 5.74) is 1.90. The Bertz CT molecular complexity index is 548. The molecule has 0 spiro atoms. The van der Waals surface area contributed by atoms with Gasteiger partial charge in [-0.3, -0.25) is 15.1 Å². The largest absolute Gasteiger partial charge is 0.288 e. The number of H-pyrrole nitrogens is 1. The second-order valence-electron chi connectivity index (χ2n) is 3.50. The summed E-state index contributed by atoms with van der Waals surface area (Å²) >= 11 is 0. The summed E-state index contributed by atoms with van der Waals surface area (Å²) in [6.45, 7) is 2.06. The third kappa shape index (κ3) is 3.21. The predicted molar refractivity (Wildman–Crippen MR) is 65.5 cm³/mol. The molecule has 2 rings (SSSR count). The van der Waals surface area contributed by atoms with Gasteiger partial charge in [-0.2, -0.15) is 5.21 Å². The van der Waals surface area contributed by atoms with Crippen LogP contribution in [-0.4, -0.2) is 31.5 Å². The molecule has 0 aromatic carbocycles. The number of aromatic amines is 1. The number of carbonyl (C=O) groups is 1. The minimum Gasteiger partial charge on any atom is -0.288 e. The van der Waals surface area contributed by atoms with Crippen LogP contribution in [0.15, 0.2) is 24.4 Å². The smallest absolute Gasteiger partial charge is 0.270 e. The summed E-state index contributed by atoms with van der Waals surface area (Å²) in [4.78, 5) is 15.6. The third-order valence-corrected chi connectivity index (χ3v) is 2.24. The minimum absolute atomic E-state index is 0.139. The Balaban J connectivity index is 1.99. The zero-order chi connectivity index (χ0) is 12.8. The second kappa shape index (κ2) is 5.67. The van der Waals surface area contributed by atoms with E-state index < -0.39 is 0 Å². The minimum atomic E-state index is -0.333. The molecule has 0 saturated heterocycles. The third-order valence-electron chi connectivity index (χ3n) is 2.24. The molecule has 2 aromatic heterocycles. The number of pyridine rings is 1. The Morgan fingerprint density at radius 1 is 1.56 bits per heavy atom. The highest BCUT2D eigenvalue weighted by Crippen LogP contribution is 2.04. The lowest BCUT2D eigenvalue weighted by Gasteiger charge is -1.97. The van der Waals surface area contributed by atoms with Crippen molar-refractivity contribution < 1.29 is 4.79 Å². The topological polar surface area (TPSA) is 96.5 Å². The van der Waals surface area contributed by atoms with Crippen molar-refractivity contribution in [2.75, 3.05) is 5.32 Å². The normalized spacial score (nSPS) is 10.7. The van der Waals surface area contributed by atoms with E-state index in [1.807, 2.05) is 12.1 Å². The van der Waals surface area contributed by atoms with Crippen molar-refractivity contribution in [1.29, 1.82) is 0 Å². The van der Waals surface area contributed by atoms with Crippen LogP contribution in [0, 0.1) is 0 Å². The number of hydrogen-bond donors (Lipinski definition) is 2. The Labute approximate surface area is 103 Å². The van der Waals surface area contributed by atoms with E-state index in [9.17, 15) is 4.79 Å². The molecule has 0 fully saturated rings. The molecule has 7 heteroatoms. The molecule has 2 heterocycles. The van der Waals surface area contributed by atoms with Gasteiger partial charge in [0.05, 0.1) is 5.69 Å². The molecule has 92 valence electrons. The van der Waals surface area contributed by atoms with Gasteiger partial charge in [-0.1, -0.05) is 12.0 Å². The first-order valence-corrected chi connectivity index (χ1v) is 5.45. The van der Waals surface area contributed by atoms with E-state index in [4.69, 9.17) is 0 Å². The van der Waals surface area contributed by atoms with Crippen molar-refractivity contribution in [1.82, 2.24) is 25.6 Å². The predicted octanol–water partition coefficient (Wildman–Crippen LogP) is 0.809. The fraction of sp³-hybridized carbons (Fsp3) is 0.182. The lowest BCUT2D eigenvalue weighted by molar-refractivity contribution is -0.111. The van der Waals surface area contributed by atoms with Crippen LogP contribution in [0.1, 0.15) is 18.2 Å². The van der Waals surface area contributed by atoms with Gasteiger partial charge >= 0.3 is 0 Å². The highest BCUT2D eigenvalue weighted by Gasteiger charge is 2.01. The average molecular weight is 244 g/mol. The van der Waals surface area contributed by atoms with Crippen molar-refractivity contribution in [3.05, 3.63) is 35.7 Å². The van der Waals surface area contributed by atoms with Gasteiger partial charge in [0.2, 0.25) is 0 Å². The van der Waals surface area contributed by atoms with Crippen LogP contribution in [0.25, 0.3) is 6.08 Å². The highest BCUT2D eigenvalue weighted by atomic mass is 16.1. The summed E-state index contributed by atoms with van der Waals surface area (Å²) < 4.78 is 0. The molecule has 0 unspecified atom stereocenters. The van der Waals surface area contributed by atoms with Crippen LogP contribution in [-0.2, 0) is 11.2 Å². The number of nitrogens with zero attached hydrogens (tertiary/aromatic N) is 4. The first-order valence-electron chi connectivity index (χ1n) is 5.45. The Morgan fingerprint density at radius 3 is 3.17 bits per heavy atom. The highest BCUT2D eigenvalue weighted by molar-refractivity contribution is 6.00. The maximum Gasteiger partial charge on any atom is 0.270 e. The van der Waals surface area contributed by atoms with Gasteiger partial charge < -0.3 is 0 Å². The van der Waals surface area contributed by atoms with Crippen molar-refractivity contribution in [3.8, 4) is 0 Å². The molecule has 0 atom stereocenters. The molecular weight excluding hydrogens is 232 g/mol. The van der Waals surface area contributed by atoms with Crippen LogP contribution in [0.4, 0.5) is 5.95 Å². The molecule has 18 heavy (non-hydrogen) atoms. The molecular formula is C11H12N6O. The second-order valence-corrected chi connectivity index (χ2v) is 3.50. The number of tetrazole rings is 1. The number of rotatable bonds is 4. The van der Waals surface area contributed by atoms with Gasteiger partial charge in [0.25, 0.3) is 11.9 Å². The molecule has 0 bridgehead atoms. The molecule has 0 radical (unpaired) electrons. The summed E-state index contributed by atoms with van der Waals surface area (Å²) in [5, 5.41) is 15.2. The SMILES string of the molecule is CCc1ccnc(C=CC(=O)Nc2nn[nH]n2)c1. The number of anilines is 1. The Hall–Kier alpha value is -2.57. The lowest BCUT2D eigenvalue weighted by Crippen LogP contribution is -2.09. The molecule has 7 nitrogen and oxygen atoms in total.